The lowest BCUT2D eigenvalue weighted by molar-refractivity contribution is 0.207. The van der Waals surface area contributed by atoms with E-state index in [1.165, 1.54) is 51.7 Å². The minimum absolute atomic E-state index is 0.688. The molecule has 0 bridgehead atoms. The van der Waals surface area contributed by atoms with Crippen molar-refractivity contribution in [1.82, 2.24) is 10.2 Å². The number of rotatable bonds is 5. The Bertz CT molecular complexity index is 191. The van der Waals surface area contributed by atoms with E-state index in [9.17, 15) is 0 Å². The SMILES string of the molecule is CCC1CCN(CCCC(C)C)CCC(C)N1. The van der Waals surface area contributed by atoms with Crippen LogP contribution in [0.25, 0.3) is 0 Å². The zero-order valence-electron chi connectivity index (χ0n) is 12.3. The molecule has 0 spiro atoms. The number of hydrogen-bond donors (Lipinski definition) is 1. The van der Waals surface area contributed by atoms with Gasteiger partial charge in [-0.2, -0.15) is 0 Å². The van der Waals surface area contributed by atoms with Crippen LogP contribution in [0.5, 0.6) is 0 Å². The van der Waals surface area contributed by atoms with Crippen LogP contribution in [0.1, 0.15) is 59.8 Å². The predicted octanol–water partition coefficient (Wildman–Crippen LogP) is 3.28. The summed E-state index contributed by atoms with van der Waals surface area (Å²) in [7, 11) is 0. The van der Waals surface area contributed by atoms with Crippen molar-refractivity contribution >= 4 is 0 Å². The summed E-state index contributed by atoms with van der Waals surface area (Å²) in [5.74, 6) is 0.855. The Hall–Kier alpha value is -0.0800. The van der Waals surface area contributed by atoms with Crippen molar-refractivity contribution < 1.29 is 0 Å². The lowest BCUT2D eigenvalue weighted by Gasteiger charge is -2.32. The third-order valence-corrected chi connectivity index (χ3v) is 3.94. The zero-order valence-corrected chi connectivity index (χ0v) is 12.3. The Morgan fingerprint density at radius 1 is 1.24 bits per heavy atom. The molecular formula is C15H32N2. The largest absolute Gasteiger partial charge is 0.311 e. The van der Waals surface area contributed by atoms with Gasteiger partial charge in [0.15, 0.2) is 0 Å². The van der Waals surface area contributed by atoms with E-state index in [0.717, 1.165) is 12.0 Å². The van der Waals surface area contributed by atoms with E-state index >= 15 is 0 Å². The molecule has 2 nitrogen and oxygen atoms in total. The van der Waals surface area contributed by atoms with Gasteiger partial charge in [-0.1, -0.05) is 20.8 Å². The van der Waals surface area contributed by atoms with Crippen LogP contribution < -0.4 is 5.32 Å². The maximum Gasteiger partial charge on any atom is 0.00790 e. The van der Waals surface area contributed by atoms with Gasteiger partial charge in [-0.05, 0) is 64.6 Å². The Morgan fingerprint density at radius 2 is 1.94 bits per heavy atom. The van der Waals surface area contributed by atoms with E-state index in [-0.39, 0.29) is 0 Å². The molecule has 2 unspecified atom stereocenters. The van der Waals surface area contributed by atoms with Crippen LogP contribution in [-0.2, 0) is 0 Å². The quantitative estimate of drug-likeness (QED) is 0.793. The molecule has 0 aromatic carbocycles. The predicted molar refractivity (Wildman–Crippen MR) is 76.4 cm³/mol. The maximum atomic E-state index is 3.74. The monoisotopic (exact) mass is 240 g/mol. The summed E-state index contributed by atoms with van der Waals surface area (Å²) in [4.78, 5) is 2.68. The van der Waals surface area contributed by atoms with Crippen molar-refractivity contribution in [1.29, 1.82) is 0 Å². The van der Waals surface area contributed by atoms with Crippen molar-refractivity contribution in [3.8, 4) is 0 Å². The van der Waals surface area contributed by atoms with Gasteiger partial charge in [-0.15, -0.1) is 0 Å². The molecule has 2 heteroatoms. The van der Waals surface area contributed by atoms with Gasteiger partial charge in [0.25, 0.3) is 0 Å². The first-order chi connectivity index (χ1) is 8.11. The van der Waals surface area contributed by atoms with Crippen molar-refractivity contribution in [2.75, 3.05) is 19.6 Å². The molecule has 1 aliphatic rings. The molecule has 1 heterocycles. The molecule has 0 saturated carbocycles. The molecule has 2 atom stereocenters. The van der Waals surface area contributed by atoms with Crippen LogP contribution >= 0.6 is 0 Å². The smallest absolute Gasteiger partial charge is 0.00790 e. The van der Waals surface area contributed by atoms with E-state index in [0.29, 0.717) is 6.04 Å². The second-order valence-electron chi connectivity index (χ2n) is 6.13. The van der Waals surface area contributed by atoms with Crippen LogP contribution in [0.15, 0.2) is 0 Å². The Kier molecular flexibility index (Phi) is 7.14. The summed E-state index contributed by atoms with van der Waals surface area (Å²) in [6.45, 7) is 13.2. The maximum absolute atomic E-state index is 3.74. The minimum atomic E-state index is 0.688. The number of hydrogen-bond acceptors (Lipinski definition) is 2. The van der Waals surface area contributed by atoms with Crippen LogP contribution in [0, 0.1) is 5.92 Å². The van der Waals surface area contributed by atoms with E-state index in [2.05, 4.69) is 37.9 Å². The first-order valence-electron chi connectivity index (χ1n) is 7.60. The molecule has 1 saturated heterocycles. The second-order valence-corrected chi connectivity index (χ2v) is 6.13. The van der Waals surface area contributed by atoms with Gasteiger partial charge < -0.3 is 10.2 Å². The van der Waals surface area contributed by atoms with Gasteiger partial charge in [0.1, 0.15) is 0 Å². The topological polar surface area (TPSA) is 15.3 Å². The van der Waals surface area contributed by atoms with E-state index in [4.69, 9.17) is 0 Å². The van der Waals surface area contributed by atoms with E-state index < -0.39 is 0 Å². The first-order valence-corrected chi connectivity index (χ1v) is 7.60. The van der Waals surface area contributed by atoms with Gasteiger partial charge in [0.2, 0.25) is 0 Å². The molecule has 0 aliphatic carbocycles. The molecule has 0 amide bonds. The molecule has 102 valence electrons. The Labute approximate surface area is 108 Å². The van der Waals surface area contributed by atoms with Crippen LogP contribution in [0.2, 0.25) is 0 Å². The van der Waals surface area contributed by atoms with Crippen molar-refractivity contribution in [3.05, 3.63) is 0 Å². The molecule has 0 aromatic heterocycles. The lowest BCUT2D eigenvalue weighted by atomic mass is 10.0. The van der Waals surface area contributed by atoms with Crippen molar-refractivity contribution in [2.24, 2.45) is 5.92 Å². The molecule has 1 N–H and O–H groups in total. The number of nitrogens with one attached hydrogen (secondary N) is 1. The Morgan fingerprint density at radius 3 is 2.59 bits per heavy atom. The molecule has 1 fully saturated rings. The van der Waals surface area contributed by atoms with E-state index in [1.54, 1.807) is 0 Å². The highest BCUT2D eigenvalue weighted by atomic mass is 15.1. The third-order valence-electron chi connectivity index (χ3n) is 3.94. The molecular weight excluding hydrogens is 208 g/mol. The minimum Gasteiger partial charge on any atom is -0.311 e. The summed E-state index contributed by atoms with van der Waals surface area (Å²) in [5.41, 5.74) is 0. The van der Waals surface area contributed by atoms with Crippen molar-refractivity contribution in [3.63, 3.8) is 0 Å². The van der Waals surface area contributed by atoms with Gasteiger partial charge in [-0.3, -0.25) is 0 Å². The second kappa shape index (κ2) is 8.10. The molecule has 0 radical (unpaired) electrons. The standard InChI is InChI=1S/C15H32N2/c1-5-15-9-12-17(10-6-7-13(2)3)11-8-14(4)16-15/h13-16H,5-12H2,1-4H3. The van der Waals surface area contributed by atoms with Crippen LogP contribution in [0.3, 0.4) is 0 Å². The fourth-order valence-electron chi connectivity index (χ4n) is 2.66. The molecule has 1 rings (SSSR count). The fourth-order valence-corrected chi connectivity index (χ4v) is 2.66. The lowest BCUT2D eigenvalue weighted by Crippen LogP contribution is -2.44. The Balaban J connectivity index is 2.29. The van der Waals surface area contributed by atoms with Crippen LogP contribution in [0.4, 0.5) is 0 Å². The average Bonchev–Trinajstić information content (AvgIpc) is 2.26. The summed E-state index contributed by atoms with van der Waals surface area (Å²) in [5, 5.41) is 3.74. The average molecular weight is 240 g/mol. The summed E-state index contributed by atoms with van der Waals surface area (Å²) in [6.07, 6.45) is 6.64. The van der Waals surface area contributed by atoms with Crippen molar-refractivity contribution in [2.45, 2.75) is 71.9 Å². The van der Waals surface area contributed by atoms with E-state index in [1.807, 2.05) is 0 Å². The summed E-state index contributed by atoms with van der Waals surface area (Å²) < 4.78 is 0. The summed E-state index contributed by atoms with van der Waals surface area (Å²) >= 11 is 0. The highest BCUT2D eigenvalue weighted by Crippen LogP contribution is 2.11. The zero-order chi connectivity index (χ0) is 12.7. The highest BCUT2D eigenvalue weighted by Gasteiger charge is 2.17. The first kappa shape index (κ1) is 15.0. The normalized spacial score (nSPS) is 28.1. The fraction of sp³-hybridized carbons (Fsp3) is 1.00. The van der Waals surface area contributed by atoms with Crippen LogP contribution in [-0.4, -0.2) is 36.6 Å². The third kappa shape index (κ3) is 6.42. The van der Waals surface area contributed by atoms with Gasteiger partial charge in [0, 0.05) is 12.1 Å². The summed E-state index contributed by atoms with van der Waals surface area (Å²) in [6, 6.07) is 1.42. The van der Waals surface area contributed by atoms with Gasteiger partial charge >= 0.3 is 0 Å². The molecule has 1 aliphatic heterocycles. The highest BCUT2D eigenvalue weighted by molar-refractivity contribution is 4.77. The molecule has 17 heavy (non-hydrogen) atoms. The van der Waals surface area contributed by atoms with Gasteiger partial charge in [0.05, 0.1) is 0 Å². The van der Waals surface area contributed by atoms with Gasteiger partial charge in [-0.25, -0.2) is 0 Å². The number of nitrogens with zero attached hydrogens (tertiary/aromatic N) is 1. The molecule has 0 aromatic rings.